The molecule has 0 saturated heterocycles. The predicted molar refractivity (Wildman–Crippen MR) is 65.7 cm³/mol. The fourth-order valence-corrected chi connectivity index (χ4v) is 1.49. The van der Waals surface area contributed by atoms with Gasteiger partial charge in [-0.05, 0) is 53.8 Å². The first-order chi connectivity index (χ1) is 6.97. The van der Waals surface area contributed by atoms with E-state index in [1.54, 1.807) is 12.2 Å². The number of hydrogen-bond acceptors (Lipinski definition) is 4. The number of hydrogen-bond donors (Lipinski definition) is 0. The molecule has 0 aliphatic heterocycles. The molecule has 0 unspecified atom stereocenters. The van der Waals surface area contributed by atoms with Crippen LogP contribution in [-0.4, -0.2) is 19.8 Å². The molecule has 96 valence electrons. The van der Waals surface area contributed by atoms with Crippen molar-refractivity contribution in [3.05, 3.63) is 12.3 Å². The molecule has 0 aromatic heterocycles. The first-order valence-electron chi connectivity index (χ1n) is 5.35. The standard InChI is InChI=1S/C11H24O4Si/c1-9-16(8,14-12-10(2,3)4)15-13-11(5,6)7/h9H,1H2,2-8H3. The maximum Gasteiger partial charge on any atom is 0.429 e. The summed E-state index contributed by atoms with van der Waals surface area (Å²) in [7, 11) is -2.62. The molecule has 0 saturated carbocycles. The third kappa shape index (κ3) is 8.01. The van der Waals surface area contributed by atoms with Crippen molar-refractivity contribution in [2.24, 2.45) is 0 Å². The Bertz CT molecular complexity index is 209. The topological polar surface area (TPSA) is 36.9 Å². The highest BCUT2D eigenvalue weighted by Gasteiger charge is 2.35. The van der Waals surface area contributed by atoms with E-state index in [9.17, 15) is 0 Å². The van der Waals surface area contributed by atoms with E-state index in [1.165, 1.54) is 0 Å². The molecule has 0 N–H and O–H groups in total. The van der Waals surface area contributed by atoms with Crippen LogP contribution < -0.4 is 0 Å². The van der Waals surface area contributed by atoms with Crippen molar-refractivity contribution in [2.75, 3.05) is 0 Å². The van der Waals surface area contributed by atoms with E-state index < -0.39 is 8.56 Å². The van der Waals surface area contributed by atoms with Crippen molar-refractivity contribution >= 4 is 8.56 Å². The van der Waals surface area contributed by atoms with Crippen LogP contribution in [0.1, 0.15) is 41.5 Å². The summed E-state index contributed by atoms with van der Waals surface area (Å²) in [6.07, 6.45) is 0. The van der Waals surface area contributed by atoms with Crippen LogP contribution in [0.3, 0.4) is 0 Å². The Balaban J connectivity index is 4.27. The minimum absolute atomic E-state index is 0.387. The maximum absolute atomic E-state index is 5.31. The van der Waals surface area contributed by atoms with E-state index in [1.807, 2.05) is 41.5 Å². The van der Waals surface area contributed by atoms with Gasteiger partial charge in [0.05, 0.1) is 11.2 Å². The number of rotatable bonds is 5. The predicted octanol–water partition coefficient (Wildman–Crippen LogP) is 3.28. The molecule has 0 aromatic carbocycles. The third-order valence-corrected chi connectivity index (χ3v) is 2.86. The minimum Gasteiger partial charge on any atom is -0.243 e. The van der Waals surface area contributed by atoms with E-state index in [0.717, 1.165) is 0 Å². The van der Waals surface area contributed by atoms with Gasteiger partial charge in [-0.2, -0.15) is 0 Å². The summed E-state index contributed by atoms with van der Waals surface area (Å²) in [5, 5.41) is 0. The van der Waals surface area contributed by atoms with Crippen LogP contribution in [0.25, 0.3) is 0 Å². The van der Waals surface area contributed by atoms with Gasteiger partial charge in [-0.25, -0.2) is 18.9 Å². The Labute approximate surface area is 99.6 Å². The lowest BCUT2D eigenvalue weighted by molar-refractivity contribution is -0.345. The van der Waals surface area contributed by atoms with Gasteiger partial charge in [0.25, 0.3) is 0 Å². The highest BCUT2D eigenvalue weighted by Crippen LogP contribution is 2.18. The smallest absolute Gasteiger partial charge is 0.243 e. The molecule has 16 heavy (non-hydrogen) atoms. The lowest BCUT2D eigenvalue weighted by atomic mass is 10.2. The summed E-state index contributed by atoms with van der Waals surface area (Å²) in [6.45, 7) is 16.9. The van der Waals surface area contributed by atoms with Gasteiger partial charge in [0.1, 0.15) is 0 Å². The van der Waals surface area contributed by atoms with Gasteiger partial charge in [-0.1, -0.05) is 0 Å². The summed E-state index contributed by atoms with van der Waals surface area (Å²) in [5.41, 5.74) is 0.842. The van der Waals surface area contributed by atoms with Crippen molar-refractivity contribution in [1.82, 2.24) is 0 Å². The van der Waals surface area contributed by atoms with E-state index in [-0.39, 0.29) is 11.2 Å². The largest absolute Gasteiger partial charge is 0.429 e. The second-order valence-electron chi connectivity index (χ2n) is 5.78. The fraction of sp³-hybridized carbons (Fsp3) is 0.818. The molecule has 0 spiro atoms. The van der Waals surface area contributed by atoms with Gasteiger partial charge in [-0.3, -0.25) is 0 Å². The lowest BCUT2D eigenvalue weighted by Gasteiger charge is -2.28. The Morgan fingerprint density at radius 2 is 1.19 bits per heavy atom. The monoisotopic (exact) mass is 248 g/mol. The second-order valence-corrected chi connectivity index (χ2v) is 8.55. The van der Waals surface area contributed by atoms with Gasteiger partial charge in [0, 0.05) is 0 Å². The van der Waals surface area contributed by atoms with Crippen LogP contribution in [0.15, 0.2) is 12.3 Å². The minimum atomic E-state index is -2.62. The van der Waals surface area contributed by atoms with Crippen molar-refractivity contribution < 1.29 is 18.9 Å². The van der Waals surface area contributed by atoms with E-state index in [2.05, 4.69) is 6.58 Å². The quantitative estimate of drug-likeness (QED) is 0.425. The molecule has 0 bridgehead atoms. The Hall–Kier alpha value is -0.203. The molecule has 0 atom stereocenters. The molecular formula is C11H24O4Si. The van der Waals surface area contributed by atoms with Crippen LogP contribution in [0.5, 0.6) is 0 Å². The summed E-state index contributed by atoms with van der Waals surface area (Å²) < 4.78 is 10.6. The Morgan fingerprint density at radius 1 is 0.875 bits per heavy atom. The molecule has 0 radical (unpaired) electrons. The maximum atomic E-state index is 5.31. The van der Waals surface area contributed by atoms with Crippen molar-refractivity contribution in [3.63, 3.8) is 0 Å². The zero-order valence-electron chi connectivity index (χ0n) is 11.4. The zero-order chi connectivity index (χ0) is 13.0. The van der Waals surface area contributed by atoms with Crippen LogP contribution in [0, 0.1) is 0 Å². The van der Waals surface area contributed by atoms with Gasteiger partial charge < -0.3 is 0 Å². The van der Waals surface area contributed by atoms with Gasteiger partial charge >= 0.3 is 8.56 Å². The average Bonchev–Trinajstić information content (AvgIpc) is 2.09. The average molecular weight is 248 g/mol. The first kappa shape index (κ1) is 15.8. The molecule has 0 aliphatic rings. The van der Waals surface area contributed by atoms with Gasteiger partial charge in [0.15, 0.2) is 0 Å². The Morgan fingerprint density at radius 3 is 1.38 bits per heavy atom. The van der Waals surface area contributed by atoms with Gasteiger partial charge in [0.2, 0.25) is 0 Å². The summed E-state index contributed by atoms with van der Waals surface area (Å²) in [6, 6.07) is 0. The highest BCUT2D eigenvalue weighted by atomic mass is 28.4. The SMILES string of the molecule is C=C[Si](C)(OOC(C)(C)C)OOC(C)(C)C. The summed E-state index contributed by atoms with van der Waals surface area (Å²) in [4.78, 5) is 10.5. The molecule has 0 fully saturated rings. The molecule has 0 heterocycles. The molecule has 5 heteroatoms. The van der Waals surface area contributed by atoms with Crippen LogP contribution >= 0.6 is 0 Å². The zero-order valence-corrected chi connectivity index (χ0v) is 12.4. The third-order valence-electron chi connectivity index (χ3n) is 1.29. The van der Waals surface area contributed by atoms with E-state index in [0.29, 0.717) is 0 Å². The normalized spacial score (nSPS) is 13.9. The fourth-order valence-electron chi connectivity index (χ4n) is 0.497. The summed E-state index contributed by atoms with van der Waals surface area (Å²) >= 11 is 0. The van der Waals surface area contributed by atoms with Crippen LogP contribution in [0.4, 0.5) is 0 Å². The molecule has 0 aromatic rings. The summed E-state index contributed by atoms with van der Waals surface area (Å²) in [5.74, 6) is 0. The Kier molecular flexibility index (Phi) is 5.35. The van der Waals surface area contributed by atoms with E-state index >= 15 is 0 Å². The molecule has 4 nitrogen and oxygen atoms in total. The first-order valence-corrected chi connectivity index (χ1v) is 7.74. The van der Waals surface area contributed by atoms with Crippen molar-refractivity contribution in [2.45, 2.75) is 59.3 Å². The molecule has 0 rings (SSSR count). The molecular weight excluding hydrogens is 224 g/mol. The lowest BCUT2D eigenvalue weighted by Crippen LogP contribution is -2.41. The van der Waals surface area contributed by atoms with Crippen molar-refractivity contribution in [3.8, 4) is 0 Å². The van der Waals surface area contributed by atoms with Gasteiger partial charge in [-0.15, -0.1) is 6.58 Å². The molecule has 0 amide bonds. The second kappa shape index (κ2) is 5.42. The van der Waals surface area contributed by atoms with Crippen LogP contribution in [-0.2, 0) is 18.9 Å². The molecule has 0 aliphatic carbocycles. The van der Waals surface area contributed by atoms with E-state index in [4.69, 9.17) is 18.9 Å². The van der Waals surface area contributed by atoms with Crippen molar-refractivity contribution in [1.29, 1.82) is 0 Å². The highest BCUT2D eigenvalue weighted by molar-refractivity contribution is 6.70. The van der Waals surface area contributed by atoms with Crippen LogP contribution in [0.2, 0.25) is 6.55 Å².